The molecule has 0 radical (unpaired) electrons. The first-order valence-corrected chi connectivity index (χ1v) is 7.52. The Balaban J connectivity index is 2.54. The molecule has 0 aliphatic rings. The summed E-state index contributed by atoms with van der Waals surface area (Å²) in [5.41, 5.74) is 1.10. The van der Waals surface area contributed by atoms with Gasteiger partial charge in [-0.3, -0.25) is 0 Å². The number of nitrogens with one attached hydrogen (secondary N) is 2. The molecule has 0 fully saturated rings. The van der Waals surface area contributed by atoms with Crippen LogP contribution in [0.15, 0.2) is 29.3 Å². The van der Waals surface area contributed by atoms with Gasteiger partial charge in [0.1, 0.15) is 12.4 Å². The van der Waals surface area contributed by atoms with Crippen molar-refractivity contribution in [2.75, 3.05) is 47.1 Å². The summed E-state index contributed by atoms with van der Waals surface area (Å²) in [6, 6.07) is 7.94. The minimum Gasteiger partial charge on any atom is -0.491 e. The van der Waals surface area contributed by atoms with Crippen LogP contribution in [0.25, 0.3) is 0 Å². The van der Waals surface area contributed by atoms with E-state index in [1.54, 1.807) is 14.2 Å². The van der Waals surface area contributed by atoms with Crippen molar-refractivity contribution in [3.63, 3.8) is 0 Å². The number of rotatable bonds is 10. The molecule has 0 saturated carbocycles. The van der Waals surface area contributed by atoms with Crippen molar-refractivity contribution < 1.29 is 14.2 Å². The molecule has 0 unspecified atom stereocenters. The van der Waals surface area contributed by atoms with Crippen LogP contribution >= 0.6 is 0 Å². The Bertz CT molecular complexity index is 438. The van der Waals surface area contributed by atoms with Crippen LogP contribution < -0.4 is 15.4 Å². The van der Waals surface area contributed by atoms with Gasteiger partial charge in [0, 0.05) is 27.3 Å². The molecule has 1 rings (SSSR count). The van der Waals surface area contributed by atoms with Gasteiger partial charge in [-0.2, -0.15) is 0 Å². The van der Waals surface area contributed by atoms with Crippen LogP contribution in [0.2, 0.25) is 0 Å². The summed E-state index contributed by atoms with van der Waals surface area (Å²) < 4.78 is 15.6. The van der Waals surface area contributed by atoms with Gasteiger partial charge >= 0.3 is 0 Å². The van der Waals surface area contributed by atoms with Gasteiger partial charge in [0.05, 0.1) is 19.8 Å². The van der Waals surface area contributed by atoms with Gasteiger partial charge in [-0.25, -0.2) is 4.99 Å². The molecular weight excluding hydrogens is 282 g/mol. The van der Waals surface area contributed by atoms with Gasteiger partial charge in [0.25, 0.3) is 0 Å². The lowest BCUT2D eigenvalue weighted by atomic mass is 10.2. The van der Waals surface area contributed by atoms with Crippen molar-refractivity contribution in [2.24, 2.45) is 4.99 Å². The highest BCUT2D eigenvalue weighted by molar-refractivity contribution is 5.79. The second-order valence-corrected chi connectivity index (χ2v) is 4.60. The number of ether oxygens (including phenoxy) is 3. The molecule has 124 valence electrons. The van der Waals surface area contributed by atoms with Crippen LogP contribution in [0.1, 0.15) is 12.5 Å². The van der Waals surface area contributed by atoms with Crippen LogP contribution in [0.5, 0.6) is 5.75 Å². The minimum absolute atomic E-state index is 0.546. The van der Waals surface area contributed by atoms with E-state index in [0.717, 1.165) is 30.4 Å². The summed E-state index contributed by atoms with van der Waals surface area (Å²) in [5, 5.41) is 6.42. The highest BCUT2D eigenvalue weighted by atomic mass is 16.5. The van der Waals surface area contributed by atoms with Gasteiger partial charge in [0.2, 0.25) is 0 Å². The largest absolute Gasteiger partial charge is 0.491 e. The highest BCUT2D eigenvalue weighted by Gasteiger charge is 1.99. The van der Waals surface area contributed by atoms with E-state index in [9.17, 15) is 0 Å². The third-order valence-corrected chi connectivity index (χ3v) is 2.82. The first-order valence-electron chi connectivity index (χ1n) is 7.52. The van der Waals surface area contributed by atoms with E-state index in [-0.39, 0.29) is 0 Å². The molecule has 6 nitrogen and oxygen atoms in total. The predicted molar refractivity (Wildman–Crippen MR) is 88.5 cm³/mol. The maximum Gasteiger partial charge on any atom is 0.191 e. The van der Waals surface area contributed by atoms with Crippen molar-refractivity contribution >= 4 is 5.96 Å². The van der Waals surface area contributed by atoms with Crippen molar-refractivity contribution in [3.05, 3.63) is 29.8 Å². The lowest BCUT2D eigenvalue weighted by Gasteiger charge is -2.11. The molecule has 0 bridgehead atoms. The fourth-order valence-corrected chi connectivity index (χ4v) is 1.76. The normalized spacial score (nSPS) is 11.3. The maximum absolute atomic E-state index is 5.60. The summed E-state index contributed by atoms with van der Waals surface area (Å²) in [5.74, 6) is 1.62. The van der Waals surface area contributed by atoms with Crippen molar-refractivity contribution in [3.8, 4) is 5.75 Å². The molecule has 0 aliphatic carbocycles. The third kappa shape index (κ3) is 7.85. The van der Waals surface area contributed by atoms with Crippen LogP contribution in [0, 0.1) is 0 Å². The quantitative estimate of drug-likeness (QED) is 0.389. The third-order valence-electron chi connectivity index (χ3n) is 2.82. The Labute approximate surface area is 132 Å². The number of nitrogens with zero attached hydrogens (tertiary/aromatic N) is 1. The lowest BCUT2D eigenvalue weighted by Crippen LogP contribution is -2.38. The van der Waals surface area contributed by atoms with Crippen LogP contribution in [-0.4, -0.2) is 53.1 Å². The van der Waals surface area contributed by atoms with E-state index < -0.39 is 0 Å². The van der Waals surface area contributed by atoms with Crippen molar-refractivity contribution in [1.82, 2.24) is 10.6 Å². The Morgan fingerprint density at radius 3 is 2.64 bits per heavy atom. The number of hydrogen-bond acceptors (Lipinski definition) is 4. The molecule has 22 heavy (non-hydrogen) atoms. The zero-order valence-corrected chi connectivity index (χ0v) is 13.7. The summed E-state index contributed by atoms with van der Waals surface area (Å²) in [4.78, 5) is 4.55. The molecule has 2 N–H and O–H groups in total. The molecule has 0 spiro atoms. The number of guanidine groups is 1. The summed E-state index contributed by atoms with van der Waals surface area (Å²) in [7, 11) is 3.34. The predicted octanol–water partition coefficient (Wildman–Crippen LogP) is 1.41. The summed E-state index contributed by atoms with van der Waals surface area (Å²) >= 11 is 0. The summed E-state index contributed by atoms with van der Waals surface area (Å²) in [6.45, 7) is 5.94. The smallest absolute Gasteiger partial charge is 0.191 e. The van der Waals surface area contributed by atoms with Crippen LogP contribution in [0.3, 0.4) is 0 Å². The SMILES string of the molecule is CCNC(=NCc1cccc(OCCOC)c1)NCCOC. The second-order valence-electron chi connectivity index (χ2n) is 4.60. The molecule has 0 amide bonds. The van der Waals surface area contributed by atoms with Gasteiger partial charge in [-0.1, -0.05) is 12.1 Å². The van der Waals surface area contributed by atoms with E-state index in [0.29, 0.717) is 26.4 Å². The number of benzene rings is 1. The first-order chi connectivity index (χ1) is 10.8. The van der Waals surface area contributed by atoms with Crippen molar-refractivity contribution in [2.45, 2.75) is 13.5 Å². The number of aliphatic imine (C=N–C) groups is 1. The molecule has 0 atom stereocenters. The zero-order chi connectivity index (χ0) is 16.0. The Morgan fingerprint density at radius 2 is 1.91 bits per heavy atom. The fourth-order valence-electron chi connectivity index (χ4n) is 1.76. The molecule has 1 aromatic rings. The Hall–Kier alpha value is -1.79. The maximum atomic E-state index is 5.60. The number of hydrogen-bond donors (Lipinski definition) is 2. The standard InChI is InChI=1S/C16H27N3O3/c1-4-17-16(18-8-9-20-2)19-13-14-6-5-7-15(12-14)22-11-10-21-3/h5-7,12H,4,8-11,13H2,1-3H3,(H2,17,18,19). The van der Waals surface area contributed by atoms with Gasteiger partial charge in [-0.05, 0) is 24.6 Å². The molecule has 1 aromatic carbocycles. The average molecular weight is 309 g/mol. The number of methoxy groups -OCH3 is 2. The highest BCUT2D eigenvalue weighted by Crippen LogP contribution is 2.13. The van der Waals surface area contributed by atoms with Gasteiger partial charge in [0.15, 0.2) is 5.96 Å². The molecule has 0 aromatic heterocycles. The van der Waals surface area contributed by atoms with E-state index in [1.807, 2.05) is 31.2 Å². The lowest BCUT2D eigenvalue weighted by molar-refractivity contribution is 0.146. The van der Waals surface area contributed by atoms with E-state index in [1.165, 1.54) is 0 Å². The first kappa shape index (κ1) is 18.3. The molecule has 0 aliphatic heterocycles. The second kappa shape index (κ2) is 11.8. The van der Waals surface area contributed by atoms with E-state index in [4.69, 9.17) is 14.2 Å². The van der Waals surface area contributed by atoms with Crippen LogP contribution in [-0.2, 0) is 16.0 Å². The van der Waals surface area contributed by atoms with E-state index in [2.05, 4.69) is 15.6 Å². The Morgan fingerprint density at radius 1 is 1.09 bits per heavy atom. The monoisotopic (exact) mass is 309 g/mol. The fraction of sp³-hybridized carbons (Fsp3) is 0.562. The molecule has 0 saturated heterocycles. The molecule has 0 heterocycles. The minimum atomic E-state index is 0.546. The Kier molecular flexibility index (Phi) is 9.81. The van der Waals surface area contributed by atoms with Crippen molar-refractivity contribution in [1.29, 1.82) is 0 Å². The topological polar surface area (TPSA) is 64.1 Å². The van der Waals surface area contributed by atoms with E-state index >= 15 is 0 Å². The van der Waals surface area contributed by atoms with Gasteiger partial charge < -0.3 is 24.8 Å². The van der Waals surface area contributed by atoms with Crippen LogP contribution in [0.4, 0.5) is 0 Å². The zero-order valence-electron chi connectivity index (χ0n) is 13.7. The van der Waals surface area contributed by atoms with Gasteiger partial charge in [-0.15, -0.1) is 0 Å². The molecule has 6 heteroatoms. The average Bonchev–Trinajstić information content (AvgIpc) is 2.53. The molecular formula is C16H27N3O3. The summed E-state index contributed by atoms with van der Waals surface area (Å²) in [6.07, 6.45) is 0.